The first-order chi connectivity index (χ1) is 12.3. The highest BCUT2D eigenvalue weighted by atomic mass is 16.1. The van der Waals surface area contributed by atoms with E-state index in [1.165, 1.54) is 0 Å². The molecule has 2 aromatic carbocycles. The number of rotatable bonds is 4. The van der Waals surface area contributed by atoms with Crippen LogP contribution in [0.1, 0.15) is 5.56 Å². The van der Waals surface area contributed by atoms with Gasteiger partial charge in [-0.2, -0.15) is 5.10 Å². The molecule has 122 valence electrons. The molecule has 0 atom stereocenters. The zero-order valence-electron chi connectivity index (χ0n) is 13.5. The Labute approximate surface area is 144 Å². The quantitative estimate of drug-likeness (QED) is 0.622. The van der Waals surface area contributed by atoms with E-state index in [0.29, 0.717) is 0 Å². The topological polar surface area (TPSA) is 59.8 Å². The highest BCUT2D eigenvalue weighted by molar-refractivity contribution is 6.01. The number of anilines is 1. The normalized spacial score (nSPS) is 10.7. The summed E-state index contributed by atoms with van der Waals surface area (Å²) in [5.74, 6) is -0.0797. The maximum Gasteiger partial charge on any atom is 0.228 e. The first-order valence-electron chi connectivity index (χ1n) is 8.02. The molecule has 2 heterocycles. The number of nitrogens with one attached hydrogen (secondary N) is 1. The molecule has 0 saturated carbocycles. The van der Waals surface area contributed by atoms with Gasteiger partial charge in [-0.1, -0.05) is 24.3 Å². The minimum atomic E-state index is -0.0797. The van der Waals surface area contributed by atoms with Crippen molar-refractivity contribution in [2.75, 3.05) is 5.32 Å². The van der Waals surface area contributed by atoms with Gasteiger partial charge in [0.2, 0.25) is 5.91 Å². The van der Waals surface area contributed by atoms with Gasteiger partial charge in [0.25, 0.3) is 0 Å². The van der Waals surface area contributed by atoms with Gasteiger partial charge in [0, 0.05) is 17.8 Å². The second-order valence-electron chi connectivity index (χ2n) is 5.73. The molecule has 4 rings (SSSR count). The number of benzene rings is 2. The van der Waals surface area contributed by atoms with E-state index in [2.05, 4.69) is 15.4 Å². The maximum atomic E-state index is 12.4. The Bertz CT molecular complexity index is 1020. The summed E-state index contributed by atoms with van der Waals surface area (Å²) in [6.07, 6.45) is 5.60. The Morgan fingerprint density at radius 2 is 1.88 bits per heavy atom. The average molecular weight is 328 g/mol. The molecule has 1 N–H and O–H groups in total. The number of pyridine rings is 1. The van der Waals surface area contributed by atoms with Gasteiger partial charge in [-0.15, -0.1) is 0 Å². The summed E-state index contributed by atoms with van der Waals surface area (Å²) in [6.45, 7) is 0. The summed E-state index contributed by atoms with van der Waals surface area (Å²) >= 11 is 0. The molecule has 0 aliphatic carbocycles. The Balaban J connectivity index is 1.50. The van der Waals surface area contributed by atoms with Crippen molar-refractivity contribution < 1.29 is 4.79 Å². The van der Waals surface area contributed by atoms with Gasteiger partial charge in [0.15, 0.2) is 0 Å². The van der Waals surface area contributed by atoms with Gasteiger partial charge in [-0.05, 0) is 42.0 Å². The largest absolute Gasteiger partial charge is 0.325 e. The molecule has 0 aliphatic heterocycles. The van der Waals surface area contributed by atoms with Crippen molar-refractivity contribution >= 4 is 22.5 Å². The van der Waals surface area contributed by atoms with Crippen molar-refractivity contribution in [3.05, 3.63) is 84.8 Å². The lowest BCUT2D eigenvalue weighted by Gasteiger charge is -2.07. The monoisotopic (exact) mass is 328 g/mol. The molecule has 0 unspecified atom stereocenters. The van der Waals surface area contributed by atoms with Crippen LogP contribution < -0.4 is 5.32 Å². The van der Waals surface area contributed by atoms with Gasteiger partial charge in [0.05, 0.1) is 29.5 Å². The summed E-state index contributed by atoms with van der Waals surface area (Å²) in [5.41, 5.74) is 3.46. The van der Waals surface area contributed by atoms with Crippen LogP contribution in [0.3, 0.4) is 0 Å². The minimum Gasteiger partial charge on any atom is -0.325 e. The number of nitrogens with zero attached hydrogens (tertiary/aromatic N) is 3. The smallest absolute Gasteiger partial charge is 0.228 e. The number of carbonyl (C=O) groups is 1. The SMILES string of the molecule is O=C(Cc1cnn(-c2ccccc2)c1)Nc1cccc2ncccc12. The van der Waals surface area contributed by atoms with Crippen molar-refractivity contribution in [1.82, 2.24) is 14.8 Å². The van der Waals surface area contributed by atoms with Crippen LogP contribution in [0.2, 0.25) is 0 Å². The van der Waals surface area contributed by atoms with Gasteiger partial charge in [-0.3, -0.25) is 9.78 Å². The van der Waals surface area contributed by atoms with Crippen LogP contribution in [0, 0.1) is 0 Å². The lowest BCUT2D eigenvalue weighted by molar-refractivity contribution is -0.115. The van der Waals surface area contributed by atoms with Gasteiger partial charge < -0.3 is 5.32 Å². The first kappa shape index (κ1) is 15.1. The van der Waals surface area contributed by atoms with E-state index in [0.717, 1.165) is 27.8 Å². The van der Waals surface area contributed by atoms with E-state index in [1.807, 2.05) is 66.9 Å². The standard InChI is InChI=1S/C20H16N4O/c25-20(23-19-10-4-9-18-17(19)8-5-11-21-18)12-15-13-22-24(14-15)16-6-2-1-3-7-16/h1-11,13-14H,12H2,(H,23,25). The Morgan fingerprint density at radius 1 is 1.00 bits per heavy atom. The van der Waals surface area contributed by atoms with Gasteiger partial charge >= 0.3 is 0 Å². The third-order valence-electron chi connectivity index (χ3n) is 3.94. The Hall–Kier alpha value is -3.47. The van der Waals surface area contributed by atoms with E-state index >= 15 is 0 Å². The number of carbonyl (C=O) groups excluding carboxylic acids is 1. The van der Waals surface area contributed by atoms with Crippen LogP contribution in [0.25, 0.3) is 16.6 Å². The maximum absolute atomic E-state index is 12.4. The number of hydrogen-bond donors (Lipinski definition) is 1. The second kappa shape index (κ2) is 6.57. The highest BCUT2D eigenvalue weighted by Gasteiger charge is 2.09. The number of fused-ring (bicyclic) bond motifs is 1. The van der Waals surface area contributed by atoms with E-state index in [1.54, 1.807) is 17.1 Å². The molecule has 5 heteroatoms. The minimum absolute atomic E-state index is 0.0797. The van der Waals surface area contributed by atoms with Crippen molar-refractivity contribution in [2.24, 2.45) is 0 Å². The molecular formula is C20H16N4O. The molecule has 0 bridgehead atoms. The molecule has 0 saturated heterocycles. The number of hydrogen-bond acceptors (Lipinski definition) is 3. The molecule has 5 nitrogen and oxygen atoms in total. The highest BCUT2D eigenvalue weighted by Crippen LogP contribution is 2.21. The molecule has 25 heavy (non-hydrogen) atoms. The van der Waals surface area contributed by atoms with Crippen molar-refractivity contribution in [2.45, 2.75) is 6.42 Å². The fraction of sp³-hybridized carbons (Fsp3) is 0.0500. The lowest BCUT2D eigenvalue weighted by Crippen LogP contribution is -2.14. The van der Waals surface area contributed by atoms with E-state index < -0.39 is 0 Å². The molecule has 2 aromatic heterocycles. The van der Waals surface area contributed by atoms with Crippen LogP contribution in [0.4, 0.5) is 5.69 Å². The summed E-state index contributed by atoms with van der Waals surface area (Å²) in [4.78, 5) is 16.7. The molecular weight excluding hydrogens is 312 g/mol. The predicted octanol–water partition coefficient (Wildman–Crippen LogP) is 3.60. The van der Waals surface area contributed by atoms with Crippen LogP contribution in [0.15, 0.2) is 79.3 Å². The second-order valence-corrected chi connectivity index (χ2v) is 5.73. The molecule has 4 aromatic rings. The van der Waals surface area contributed by atoms with Crippen LogP contribution in [-0.4, -0.2) is 20.7 Å². The van der Waals surface area contributed by atoms with Crippen LogP contribution in [0.5, 0.6) is 0 Å². The van der Waals surface area contributed by atoms with Gasteiger partial charge in [-0.25, -0.2) is 4.68 Å². The zero-order valence-corrected chi connectivity index (χ0v) is 13.5. The predicted molar refractivity (Wildman–Crippen MR) is 97.6 cm³/mol. The van der Waals surface area contributed by atoms with Crippen molar-refractivity contribution in [3.8, 4) is 5.69 Å². The van der Waals surface area contributed by atoms with Crippen LogP contribution in [-0.2, 0) is 11.2 Å². The Morgan fingerprint density at radius 3 is 2.76 bits per heavy atom. The molecule has 1 amide bonds. The summed E-state index contributed by atoms with van der Waals surface area (Å²) < 4.78 is 1.77. The van der Waals surface area contributed by atoms with E-state index in [4.69, 9.17) is 0 Å². The molecule has 0 radical (unpaired) electrons. The summed E-state index contributed by atoms with van der Waals surface area (Å²) in [5, 5.41) is 8.22. The molecule has 0 aliphatic rings. The summed E-state index contributed by atoms with van der Waals surface area (Å²) in [6, 6.07) is 19.3. The zero-order chi connectivity index (χ0) is 17.1. The number of amides is 1. The third kappa shape index (κ3) is 3.26. The summed E-state index contributed by atoms with van der Waals surface area (Å²) in [7, 11) is 0. The van der Waals surface area contributed by atoms with Crippen LogP contribution >= 0.6 is 0 Å². The fourth-order valence-electron chi connectivity index (χ4n) is 2.77. The van der Waals surface area contributed by atoms with Crippen molar-refractivity contribution in [3.63, 3.8) is 0 Å². The lowest BCUT2D eigenvalue weighted by atomic mass is 10.1. The molecule has 0 spiro atoms. The third-order valence-corrected chi connectivity index (χ3v) is 3.94. The van der Waals surface area contributed by atoms with E-state index in [9.17, 15) is 4.79 Å². The molecule has 0 fully saturated rings. The number of aromatic nitrogens is 3. The average Bonchev–Trinajstić information content (AvgIpc) is 3.11. The van der Waals surface area contributed by atoms with E-state index in [-0.39, 0.29) is 12.3 Å². The first-order valence-corrected chi connectivity index (χ1v) is 8.02. The fourth-order valence-corrected chi connectivity index (χ4v) is 2.77. The Kier molecular flexibility index (Phi) is 3.96. The van der Waals surface area contributed by atoms with Gasteiger partial charge in [0.1, 0.15) is 0 Å². The number of para-hydroxylation sites is 1. The van der Waals surface area contributed by atoms with Crippen molar-refractivity contribution in [1.29, 1.82) is 0 Å².